The summed E-state index contributed by atoms with van der Waals surface area (Å²) in [4.78, 5) is 0.276. The van der Waals surface area contributed by atoms with E-state index in [2.05, 4.69) is 28.1 Å². The smallest absolute Gasteiger partial charge is 0.171 e. The zero-order valence-corrected chi connectivity index (χ0v) is 22.5. The monoisotopic (exact) mass is 542 g/mol. The molecule has 3 aliphatic heterocycles. The summed E-state index contributed by atoms with van der Waals surface area (Å²) in [6, 6.07) is 20.4. The Morgan fingerprint density at radius 3 is 2.23 bits per heavy atom. The van der Waals surface area contributed by atoms with Gasteiger partial charge in [0.05, 0.1) is 32.8 Å². The number of hydrogen-bond acceptors (Lipinski definition) is 3. The summed E-state index contributed by atoms with van der Waals surface area (Å²) in [6.45, 7) is 4.64. The molecule has 1 saturated carbocycles. The van der Waals surface area contributed by atoms with Crippen LogP contribution in [0.15, 0.2) is 60.7 Å². The molecule has 1 N–H and O–H groups in total. The Kier molecular flexibility index (Phi) is 8.18. The number of halogens is 1. The van der Waals surface area contributed by atoms with Crippen LogP contribution in [-0.4, -0.2) is 53.5 Å². The van der Waals surface area contributed by atoms with E-state index in [1.54, 1.807) is 0 Å². The number of piperidine rings is 3. The third kappa shape index (κ3) is 5.49. The van der Waals surface area contributed by atoms with Gasteiger partial charge in [0.25, 0.3) is 0 Å². The van der Waals surface area contributed by atoms with E-state index in [-0.39, 0.29) is 17.0 Å². The summed E-state index contributed by atoms with van der Waals surface area (Å²) in [5.74, 6) is 1.79. The molecule has 190 valence electrons. The van der Waals surface area contributed by atoms with Crippen molar-refractivity contribution in [1.82, 2.24) is 0 Å². The average Bonchev–Trinajstić information content (AvgIpc) is 2.93. The van der Waals surface area contributed by atoms with E-state index in [0.717, 1.165) is 48.2 Å². The van der Waals surface area contributed by atoms with Crippen LogP contribution in [0.2, 0.25) is 0 Å². The lowest BCUT2D eigenvalue weighted by molar-refractivity contribution is -0.955. The number of ether oxygens (including phenoxy) is 2. The van der Waals surface area contributed by atoms with Gasteiger partial charge in [-0.3, -0.25) is 0 Å². The number of aliphatic hydroxyl groups is 1. The minimum absolute atomic E-state index is 0.145. The Bertz CT molecular complexity index is 912. The van der Waals surface area contributed by atoms with Crippen LogP contribution in [0, 0.1) is 11.8 Å². The van der Waals surface area contributed by atoms with Gasteiger partial charge in [-0.1, -0.05) is 67.8 Å². The zero-order valence-electron chi connectivity index (χ0n) is 20.9. The molecule has 1 aliphatic carbocycles. The molecule has 3 atom stereocenters. The Balaban J connectivity index is 1.23. The number of nitrogens with zero attached hydrogens (tertiary/aromatic N) is 1. The van der Waals surface area contributed by atoms with Crippen LogP contribution in [0.4, 0.5) is 0 Å². The van der Waals surface area contributed by atoms with Crippen LogP contribution in [0.3, 0.4) is 0 Å². The summed E-state index contributed by atoms with van der Waals surface area (Å²) in [5, 5.41) is 12.1. The van der Waals surface area contributed by atoms with Gasteiger partial charge in [0.15, 0.2) is 4.95 Å². The standard InChI is InChI=1S/C30H41BrNO3/c31-29-28(35-23-30(33,25-11-4-1-5-12-25)26-13-6-2-7-14-26)24-17-20-32(29,21-18-24)19-10-22-34-27-15-8-3-9-16-27/h1,3-5,8-9,11-12,15-16,24,26,28-29,33H,2,6-7,10,13-14,17-23H2/q+1/t24?,28-,29+,30?,32?/m1/s1. The maximum atomic E-state index is 12.1. The maximum Gasteiger partial charge on any atom is 0.171 e. The maximum absolute atomic E-state index is 12.1. The highest BCUT2D eigenvalue weighted by Crippen LogP contribution is 2.45. The van der Waals surface area contributed by atoms with Crippen LogP contribution >= 0.6 is 15.9 Å². The van der Waals surface area contributed by atoms with Gasteiger partial charge >= 0.3 is 0 Å². The normalized spacial score (nSPS) is 30.6. The molecule has 6 rings (SSSR count). The van der Waals surface area contributed by atoms with E-state index < -0.39 is 5.60 Å². The summed E-state index contributed by atoms with van der Waals surface area (Å²) in [6.07, 6.45) is 9.46. The molecule has 3 saturated heterocycles. The highest BCUT2D eigenvalue weighted by atomic mass is 79.9. The minimum Gasteiger partial charge on any atom is -0.493 e. The van der Waals surface area contributed by atoms with E-state index in [1.165, 1.54) is 45.2 Å². The fourth-order valence-electron chi connectivity index (χ4n) is 6.83. The van der Waals surface area contributed by atoms with Gasteiger partial charge in [-0.15, -0.1) is 0 Å². The second kappa shape index (κ2) is 11.3. The molecule has 4 nitrogen and oxygen atoms in total. The lowest BCUT2D eigenvalue weighted by Gasteiger charge is -2.56. The van der Waals surface area contributed by atoms with Crippen LogP contribution in [0.25, 0.3) is 0 Å². The van der Waals surface area contributed by atoms with Gasteiger partial charge in [-0.05, 0) is 52.4 Å². The Hall–Kier alpha value is -1.40. The first kappa shape index (κ1) is 25.3. The predicted molar refractivity (Wildman–Crippen MR) is 144 cm³/mol. The number of alkyl halides is 1. The molecule has 0 amide bonds. The minimum atomic E-state index is -0.908. The average molecular weight is 544 g/mol. The molecular weight excluding hydrogens is 502 g/mol. The number of quaternary nitrogens is 1. The molecule has 4 aliphatic rings. The first-order valence-corrected chi connectivity index (χ1v) is 14.6. The first-order chi connectivity index (χ1) is 17.1. The Labute approximate surface area is 219 Å². The predicted octanol–water partition coefficient (Wildman–Crippen LogP) is 6.27. The zero-order chi connectivity index (χ0) is 24.1. The van der Waals surface area contributed by atoms with Crippen molar-refractivity contribution in [3.63, 3.8) is 0 Å². The molecule has 35 heavy (non-hydrogen) atoms. The van der Waals surface area contributed by atoms with Gasteiger partial charge < -0.3 is 19.1 Å². The summed E-state index contributed by atoms with van der Waals surface area (Å²) in [5.41, 5.74) is 0.107. The fourth-order valence-corrected chi connectivity index (χ4v) is 8.03. The Morgan fingerprint density at radius 1 is 0.886 bits per heavy atom. The first-order valence-electron chi connectivity index (χ1n) is 13.7. The summed E-state index contributed by atoms with van der Waals surface area (Å²) in [7, 11) is 0. The van der Waals surface area contributed by atoms with Crippen molar-refractivity contribution in [2.75, 3.05) is 32.8 Å². The number of benzene rings is 2. The van der Waals surface area contributed by atoms with Crippen molar-refractivity contribution < 1.29 is 19.1 Å². The molecular formula is C30H41BrNO3+. The van der Waals surface area contributed by atoms with Gasteiger partial charge in [-0.25, -0.2) is 0 Å². The molecule has 2 aromatic rings. The van der Waals surface area contributed by atoms with Crippen molar-refractivity contribution in [2.45, 2.75) is 68.0 Å². The number of fused-ring (bicyclic) bond motifs is 3. The van der Waals surface area contributed by atoms with E-state index in [0.29, 0.717) is 12.5 Å². The van der Waals surface area contributed by atoms with Crippen LogP contribution in [0.5, 0.6) is 5.75 Å². The summed E-state index contributed by atoms with van der Waals surface area (Å²) < 4.78 is 13.8. The van der Waals surface area contributed by atoms with Crippen LogP contribution < -0.4 is 4.74 Å². The second-order valence-electron chi connectivity index (χ2n) is 11.0. The SMILES string of the molecule is OC(CO[C@@H]1C2CC[N+](CCCOc3ccccc3)(CC2)[C@@H]1Br)(c1ccccc1)C1CCCCC1. The third-order valence-electron chi connectivity index (χ3n) is 8.96. The quantitative estimate of drug-likeness (QED) is 0.166. The van der Waals surface area contributed by atoms with Crippen molar-refractivity contribution in [2.24, 2.45) is 11.8 Å². The van der Waals surface area contributed by atoms with Crippen LogP contribution in [-0.2, 0) is 10.3 Å². The topological polar surface area (TPSA) is 38.7 Å². The van der Waals surface area contributed by atoms with Crippen molar-refractivity contribution in [1.29, 1.82) is 0 Å². The molecule has 0 spiro atoms. The second-order valence-corrected chi connectivity index (χ2v) is 12.0. The number of rotatable bonds is 10. The van der Waals surface area contributed by atoms with E-state index in [4.69, 9.17) is 9.47 Å². The lowest BCUT2D eigenvalue weighted by atomic mass is 9.73. The van der Waals surface area contributed by atoms with E-state index >= 15 is 0 Å². The van der Waals surface area contributed by atoms with Crippen molar-refractivity contribution >= 4 is 15.9 Å². The third-order valence-corrected chi connectivity index (χ3v) is 10.3. The molecule has 3 heterocycles. The highest BCUT2D eigenvalue weighted by molar-refractivity contribution is 9.09. The largest absolute Gasteiger partial charge is 0.493 e. The molecule has 2 bridgehead atoms. The molecule has 2 aromatic carbocycles. The van der Waals surface area contributed by atoms with Gasteiger partial charge in [0.1, 0.15) is 17.5 Å². The molecule has 0 aromatic heterocycles. The molecule has 1 unspecified atom stereocenters. The van der Waals surface area contributed by atoms with Gasteiger partial charge in [0, 0.05) is 25.2 Å². The Morgan fingerprint density at radius 2 is 1.54 bits per heavy atom. The lowest BCUT2D eigenvalue weighted by Crippen LogP contribution is -2.68. The summed E-state index contributed by atoms with van der Waals surface area (Å²) >= 11 is 4.11. The van der Waals surface area contributed by atoms with E-state index in [1.807, 2.05) is 48.5 Å². The van der Waals surface area contributed by atoms with Crippen LogP contribution in [0.1, 0.15) is 56.9 Å². The molecule has 4 fully saturated rings. The van der Waals surface area contributed by atoms with Crippen molar-refractivity contribution in [3.05, 3.63) is 66.2 Å². The fraction of sp³-hybridized carbons (Fsp3) is 0.600. The molecule has 0 radical (unpaired) electrons. The van der Waals surface area contributed by atoms with E-state index in [9.17, 15) is 5.11 Å². The van der Waals surface area contributed by atoms with Gasteiger partial charge in [0.2, 0.25) is 0 Å². The van der Waals surface area contributed by atoms with Crippen molar-refractivity contribution in [3.8, 4) is 5.75 Å². The molecule has 5 heteroatoms. The number of hydrogen-bond donors (Lipinski definition) is 1. The highest BCUT2D eigenvalue weighted by Gasteiger charge is 2.54. The van der Waals surface area contributed by atoms with Gasteiger partial charge in [-0.2, -0.15) is 0 Å². The number of para-hydroxylation sites is 1.